The third-order valence-corrected chi connectivity index (χ3v) is 3.04. The molecule has 0 saturated carbocycles. The summed E-state index contributed by atoms with van der Waals surface area (Å²) in [6, 6.07) is 0.324. The smallest absolute Gasteiger partial charge is 0.0700 e. The van der Waals surface area contributed by atoms with Gasteiger partial charge < -0.3 is 20.1 Å². The van der Waals surface area contributed by atoms with Crippen molar-refractivity contribution in [3.8, 4) is 0 Å². The van der Waals surface area contributed by atoms with Gasteiger partial charge in [0.1, 0.15) is 0 Å². The van der Waals surface area contributed by atoms with Gasteiger partial charge in [0, 0.05) is 26.2 Å². The highest BCUT2D eigenvalue weighted by molar-refractivity contribution is 5.85. The molecule has 0 bridgehead atoms. The summed E-state index contributed by atoms with van der Waals surface area (Å²) < 4.78 is 10.3. The Morgan fingerprint density at radius 2 is 2.12 bits per heavy atom. The average Bonchev–Trinajstić information content (AvgIpc) is 2.66. The minimum atomic E-state index is 0. The van der Waals surface area contributed by atoms with Crippen LogP contribution < -0.4 is 5.73 Å². The van der Waals surface area contributed by atoms with Gasteiger partial charge in [-0.3, -0.25) is 0 Å². The van der Waals surface area contributed by atoms with Gasteiger partial charge in [-0.1, -0.05) is 0 Å². The highest BCUT2D eigenvalue weighted by Gasteiger charge is 2.24. The van der Waals surface area contributed by atoms with Gasteiger partial charge in [0.25, 0.3) is 0 Å². The van der Waals surface area contributed by atoms with Crippen LogP contribution in [0.4, 0.5) is 0 Å². The van der Waals surface area contributed by atoms with Crippen LogP contribution in [0.15, 0.2) is 0 Å². The Morgan fingerprint density at radius 3 is 2.69 bits per heavy atom. The van der Waals surface area contributed by atoms with Gasteiger partial charge in [0.15, 0.2) is 0 Å². The maximum absolute atomic E-state index is 5.88. The van der Waals surface area contributed by atoms with E-state index in [4.69, 9.17) is 15.2 Å². The van der Waals surface area contributed by atoms with Crippen LogP contribution in [0, 0.1) is 5.92 Å². The maximum atomic E-state index is 5.88. The van der Waals surface area contributed by atoms with Crippen molar-refractivity contribution in [1.29, 1.82) is 0 Å². The van der Waals surface area contributed by atoms with Gasteiger partial charge in [-0.15, -0.1) is 12.4 Å². The van der Waals surface area contributed by atoms with Crippen molar-refractivity contribution in [2.45, 2.75) is 19.4 Å². The zero-order valence-corrected chi connectivity index (χ0v) is 11.2. The Labute approximate surface area is 105 Å². The van der Waals surface area contributed by atoms with Gasteiger partial charge in [0.05, 0.1) is 19.8 Å². The molecule has 1 saturated heterocycles. The standard InChI is InChI=1S/C11H24N2O2.ClH/c1-10(12)11-3-4-13(9-11)5-6-15-8-7-14-2;/h10-11H,3-9,12H2,1-2H3;1H. The van der Waals surface area contributed by atoms with Crippen molar-refractivity contribution in [3.05, 3.63) is 0 Å². The molecule has 16 heavy (non-hydrogen) atoms. The monoisotopic (exact) mass is 252 g/mol. The first-order valence-corrected chi connectivity index (χ1v) is 5.78. The summed E-state index contributed by atoms with van der Waals surface area (Å²) in [5.41, 5.74) is 5.88. The Balaban J connectivity index is 0.00000225. The van der Waals surface area contributed by atoms with Crippen molar-refractivity contribution in [1.82, 2.24) is 4.90 Å². The average molecular weight is 253 g/mol. The first-order chi connectivity index (χ1) is 7.24. The van der Waals surface area contributed by atoms with Crippen molar-refractivity contribution in [2.24, 2.45) is 11.7 Å². The quantitative estimate of drug-likeness (QED) is 0.679. The van der Waals surface area contributed by atoms with E-state index < -0.39 is 0 Å². The van der Waals surface area contributed by atoms with Crippen LogP contribution in [0.5, 0.6) is 0 Å². The fourth-order valence-electron chi connectivity index (χ4n) is 1.93. The Hall–Kier alpha value is 0.130. The summed E-state index contributed by atoms with van der Waals surface area (Å²) in [6.45, 7) is 7.60. The molecule has 0 aromatic heterocycles. The summed E-state index contributed by atoms with van der Waals surface area (Å²) in [5.74, 6) is 0.670. The minimum absolute atomic E-state index is 0. The van der Waals surface area contributed by atoms with E-state index in [1.807, 2.05) is 0 Å². The molecule has 1 aliphatic heterocycles. The third-order valence-electron chi connectivity index (χ3n) is 3.04. The first-order valence-electron chi connectivity index (χ1n) is 5.78. The molecule has 2 unspecified atom stereocenters. The van der Waals surface area contributed by atoms with Crippen molar-refractivity contribution >= 4 is 12.4 Å². The van der Waals surface area contributed by atoms with Gasteiger partial charge in [0.2, 0.25) is 0 Å². The molecule has 0 spiro atoms. The van der Waals surface area contributed by atoms with E-state index >= 15 is 0 Å². The lowest BCUT2D eigenvalue weighted by molar-refractivity contribution is 0.0598. The fraction of sp³-hybridized carbons (Fsp3) is 1.00. The van der Waals surface area contributed by atoms with E-state index in [9.17, 15) is 0 Å². The fourth-order valence-corrected chi connectivity index (χ4v) is 1.93. The molecule has 0 aromatic carbocycles. The lowest BCUT2D eigenvalue weighted by Crippen LogP contribution is -2.31. The highest BCUT2D eigenvalue weighted by Crippen LogP contribution is 2.17. The van der Waals surface area contributed by atoms with E-state index in [1.165, 1.54) is 13.0 Å². The summed E-state index contributed by atoms with van der Waals surface area (Å²) in [5, 5.41) is 0. The van der Waals surface area contributed by atoms with Gasteiger partial charge >= 0.3 is 0 Å². The second-order valence-electron chi connectivity index (χ2n) is 4.31. The second kappa shape index (κ2) is 9.19. The van der Waals surface area contributed by atoms with Crippen LogP contribution >= 0.6 is 12.4 Å². The summed E-state index contributed by atoms with van der Waals surface area (Å²) in [4.78, 5) is 2.43. The Kier molecular flexibility index (Phi) is 9.26. The van der Waals surface area contributed by atoms with Crippen molar-refractivity contribution in [3.63, 3.8) is 0 Å². The molecule has 2 atom stereocenters. The van der Waals surface area contributed by atoms with Crippen LogP contribution in [0.3, 0.4) is 0 Å². The number of likely N-dealkylation sites (tertiary alicyclic amines) is 1. The largest absolute Gasteiger partial charge is 0.382 e. The molecular formula is C11H25ClN2O2. The molecule has 0 aliphatic carbocycles. The number of methoxy groups -OCH3 is 1. The predicted octanol–water partition coefficient (Wildman–Crippen LogP) is 0.740. The van der Waals surface area contributed by atoms with E-state index in [0.29, 0.717) is 25.2 Å². The summed E-state index contributed by atoms with van der Waals surface area (Å²) in [6.07, 6.45) is 1.23. The second-order valence-corrected chi connectivity index (χ2v) is 4.31. The van der Waals surface area contributed by atoms with E-state index in [-0.39, 0.29) is 12.4 Å². The normalized spacial score (nSPS) is 23.1. The van der Waals surface area contributed by atoms with Crippen LogP contribution in [0.1, 0.15) is 13.3 Å². The molecule has 2 N–H and O–H groups in total. The number of hydrogen-bond acceptors (Lipinski definition) is 4. The van der Waals surface area contributed by atoms with Crippen LogP contribution in [-0.4, -0.2) is 57.5 Å². The van der Waals surface area contributed by atoms with Gasteiger partial charge in [-0.2, -0.15) is 0 Å². The third kappa shape index (κ3) is 6.01. The molecule has 1 heterocycles. The van der Waals surface area contributed by atoms with E-state index in [0.717, 1.165) is 19.7 Å². The molecule has 5 heteroatoms. The van der Waals surface area contributed by atoms with Crippen molar-refractivity contribution in [2.75, 3.05) is 46.6 Å². The molecule has 1 rings (SSSR count). The molecule has 4 nitrogen and oxygen atoms in total. The number of halogens is 1. The molecule has 1 fully saturated rings. The van der Waals surface area contributed by atoms with Crippen LogP contribution in [0.2, 0.25) is 0 Å². The first kappa shape index (κ1) is 16.1. The van der Waals surface area contributed by atoms with Crippen LogP contribution in [0.25, 0.3) is 0 Å². The molecule has 0 aromatic rings. The lowest BCUT2D eigenvalue weighted by atomic mass is 10.0. The molecule has 0 amide bonds. The highest BCUT2D eigenvalue weighted by atomic mass is 35.5. The molecule has 98 valence electrons. The topological polar surface area (TPSA) is 47.7 Å². The number of hydrogen-bond donors (Lipinski definition) is 1. The Bertz CT molecular complexity index is 170. The maximum Gasteiger partial charge on any atom is 0.0700 e. The molecule has 0 radical (unpaired) electrons. The minimum Gasteiger partial charge on any atom is -0.382 e. The van der Waals surface area contributed by atoms with Gasteiger partial charge in [-0.05, 0) is 25.8 Å². The van der Waals surface area contributed by atoms with E-state index in [2.05, 4.69) is 11.8 Å². The van der Waals surface area contributed by atoms with E-state index in [1.54, 1.807) is 7.11 Å². The summed E-state index contributed by atoms with van der Waals surface area (Å²) >= 11 is 0. The number of rotatable bonds is 7. The Morgan fingerprint density at radius 1 is 1.38 bits per heavy atom. The summed E-state index contributed by atoms with van der Waals surface area (Å²) in [7, 11) is 1.69. The molecular weight excluding hydrogens is 228 g/mol. The zero-order chi connectivity index (χ0) is 11.1. The number of ether oxygens (including phenoxy) is 2. The predicted molar refractivity (Wildman–Crippen MR) is 68.1 cm³/mol. The zero-order valence-electron chi connectivity index (χ0n) is 10.4. The van der Waals surface area contributed by atoms with Crippen molar-refractivity contribution < 1.29 is 9.47 Å². The van der Waals surface area contributed by atoms with Crippen LogP contribution in [-0.2, 0) is 9.47 Å². The molecule has 1 aliphatic rings. The van der Waals surface area contributed by atoms with Gasteiger partial charge in [-0.25, -0.2) is 0 Å². The SMILES string of the molecule is COCCOCCN1CCC(C(C)N)C1.Cl. The lowest BCUT2D eigenvalue weighted by Gasteiger charge is -2.17. The number of nitrogens with two attached hydrogens (primary N) is 1. The number of nitrogens with zero attached hydrogens (tertiary/aromatic N) is 1.